The summed E-state index contributed by atoms with van der Waals surface area (Å²) in [5, 5.41) is 3.03. The van der Waals surface area contributed by atoms with Crippen molar-refractivity contribution in [2.75, 3.05) is 14.2 Å². The van der Waals surface area contributed by atoms with E-state index in [9.17, 15) is 9.18 Å². The van der Waals surface area contributed by atoms with Gasteiger partial charge in [0.05, 0.1) is 29.8 Å². The van der Waals surface area contributed by atoms with Crippen molar-refractivity contribution in [2.24, 2.45) is 4.99 Å². The number of carbonyl (C=O) groups is 1. The second kappa shape index (κ2) is 7.80. The van der Waals surface area contributed by atoms with Gasteiger partial charge < -0.3 is 14.8 Å². The first-order valence-corrected chi connectivity index (χ1v) is 8.66. The molecule has 0 bridgehead atoms. The van der Waals surface area contributed by atoms with Crippen molar-refractivity contribution < 1.29 is 18.7 Å². The van der Waals surface area contributed by atoms with Crippen LogP contribution in [0.1, 0.15) is 5.56 Å². The molecule has 1 amide bonds. The second-order valence-corrected chi connectivity index (χ2v) is 6.63. The molecule has 0 saturated carbocycles. The molecule has 0 aromatic heterocycles. The van der Waals surface area contributed by atoms with E-state index in [2.05, 4.69) is 10.3 Å². The number of benzene rings is 2. The molecule has 1 heterocycles. The number of nitrogens with one attached hydrogen (secondary N) is 1. The predicted octanol–water partition coefficient (Wildman–Crippen LogP) is 4.39. The van der Waals surface area contributed by atoms with E-state index < -0.39 is 5.82 Å². The molecular weight excluding hydrogens is 379 g/mol. The molecule has 1 saturated heterocycles. The van der Waals surface area contributed by atoms with E-state index in [0.717, 1.165) is 5.56 Å². The first-order chi connectivity index (χ1) is 12.5. The number of nitrogens with zero attached hydrogens (tertiary/aromatic N) is 1. The number of hydrogen-bond acceptors (Lipinski definition) is 5. The third-order valence-electron chi connectivity index (χ3n) is 3.51. The Hall–Kier alpha value is -2.51. The molecule has 2 aromatic carbocycles. The summed E-state index contributed by atoms with van der Waals surface area (Å²) in [4.78, 5) is 16.9. The topological polar surface area (TPSA) is 59.9 Å². The molecule has 0 unspecified atom stereocenters. The molecule has 5 nitrogen and oxygen atoms in total. The monoisotopic (exact) mass is 392 g/mol. The van der Waals surface area contributed by atoms with Gasteiger partial charge in [-0.25, -0.2) is 9.38 Å². The average molecular weight is 393 g/mol. The van der Waals surface area contributed by atoms with Crippen LogP contribution < -0.4 is 14.8 Å². The summed E-state index contributed by atoms with van der Waals surface area (Å²) in [6.07, 6.45) is 1.71. The minimum atomic E-state index is -0.522. The van der Waals surface area contributed by atoms with Crippen molar-refractivity contribution in [3.63, 3.8) is 0 Å². The Morgan fingerprint density at radius 2 is 2.00 bits per heavy atom. The highest BCUT2D eigenvalue weighted by atomic mass is 35.5. The third-order valence-corrected chi connectivity index (χ3v) is 4.71. The van der Waals surface area contributed by atoms with Gasteiger partial charge in [0, 0.05) is 11.6 Å². The minimum absolute atomic E-state index is 0.0279. The van der Waals surface area contributed by atoms with Crippen LogP contribution in [0.5, 0.6) is 11.5 Å². The number of thioether (sulfide) groups is 1. The molecule has 8 heteroatoms. The molecule has 2 aromatic rings. The number of carbonyl (C=O) groups excluding carboxylic acids is 1. The van der Waals surface area contributed by atoms with E-state index in [0.29, 0.717) is 27.3 Å². The van der Waals surface area contributed by atoms with Crippen LogP contribution in [0.4, 0.5) is 10.1 Å². The zero-order chi connectivity index (χ0) is 18.7. The Balaban J connectivity index is 1.86. The van der Waals surface area contributed by atoms with E-state index in [1.165, 1.54) is 30.0 Å². The van der Waals surface area contributed by atoms with E-state index in [4.69, 9.17) is 21.1 Å². The molecule has 134 valence electrons. The first-order valence-electron chi connectivity index (χ1n) is 7.47. The highest BCUT2D eigenvalue weighted by Crippen LogP contribution is 2.32. The van der Waals surface area contributed by atoms with Crippen LogP contribution in [0.2, 0.25) is 5.02 Å². The van der Waals surface area contributed by atoms with Gasteiger partial charge in [-0.15, -0.1) is 0 Å². The third kappa shape index (κ3) is 4.00. The standard InChI is InChI=1S/C18H14ClFN2O3S/c1-24-12-5-3-10(15(9-12)25-2)7-16-17(23)22-18(26-16)21-11-4-6-14(20)13(19)8-11/h3-9H,1-2H3,(H,21,22,23). The maximum atomic E-state index is 13.2. The molecule has 1 aliphatic rings. The molecule has 3 rings (SSSR count). The Kier molecular flexibility index (Phi) is 5.49. The van der Waals surface area contributed by atoms with Crippen molar-refractivity contribution in [3.8, 4) is 11.5 Å². The lowest BCUT2D eigenvalue weighted by Gasteiger charge is -2.07. The van der Waals surface area contributed by atoms with Gasteiger partial charge in [0.1, 0.15) is 17.3 Å². The highest BCUT2D eigenvalue weighted by molar-refractivity contribution is 8.18. The van der Waals surface area contributed by atoms with Crippen LogP contribution in [0.3, 0.4) is 0 Å². The number of amides is 1. The summed E-state index contributed by atoms with van der Waals surface area (Å²) in [6.45, 7) is 0. The maximum absolute atomic E-state index is 13.2. The number of hydrogen-bond donors (Lipinski definition) is 1. The van der Waals surface area contributed by atoms with Gasteiger partial charge >= 0.3 is 0 Å². The highest BCUT2D eigenvalue weighted by Gasteiger charge is 2.24. The summed E-state index contributed by atoms with van der Waals surface area (Å²) < 4.78 is 23.7. The lowest BCUT2D eigenvalue weighted by Crippen LogP contribution is -2.19. The van der Waals surface area contributed by atoms with Crippen molar-refractivity contribution in [1.29, 1.82) is 0 Å². The van der Waals surface area contributed by atoms with Gasteiger partial charge in [-0.05, 0) is 48.2 Å². The predicted molar refractivity (Wildman–Crippen MR) is 102 cm³/mol. The normalized spacial score (nSPS) is 16.8. The van der Waals surface area contributed by atoms with Crippen LogP contribution in [0, 0.1) is 5.82 Å². The van der Waals surface area contributed by atoms with Gasteiger partial charge in [0.15, 0.2) is 5.17 Å². The number of ether oxygens (including phenoxy) is 2. The SMILES string of the molecule is COc1ccc(C=C2SC(=Nc3ccc(F)c(Cl)c3)NC2=O)c(OC)c1. The number of rotatable bonds is 4. The fraction of sp³-hybridized carbons (Fsp3) is 0.111. The second-order valence-electron chi connectivity index (χ2n) is 5.19. The van der Waals surface area contributed by atoms with E-state index in [1.54, 1.807) is 38.5 Å². The number of halogens is 2. The number of aliphatic imine (C=N–C) groups is 1. The van der Waals surface area contributed by atoms with Gasteiger partial charge in [-0.3, -0.25) is 4.79 Å². The largest absolute Gasteiger partial charge is 0.497 e. The molecule has 1 aliphatic heterocycles. The van der Waals surface area contributed by atoms with Crippen LogP contribution in [-0.4, -0.2) is 25.3 Å². The molecular formula is C18H14ClFN2O3S. The van der Waals surface area contributed by atoms with Crippen LogP contribution in [0.25, 0.3) is 6.08 Å². The van der Waals surface area contributed by atoms with Crippen molar-refractivity contribution >= 4 is 46.2 Å². The number of amidine groups is 1. The van der Waals surface area contributed by atoms with Crippen molar-refractivity contribution in [3.05, 3.63) is 57.7 Å². The summed E-state index contributed by atoms with van der Waals surface area (Å²) in [7, 11) is 3.11. The Morgan fingerprint density at radius 3 is 2.69 bits per heavy atom. The Bertz CT molecular complexity index is 931. The summed E-state index contributed by atoms with van der Waals surface area (Å²) in [5.74, 6) is 0.440. The van der Waals surface area contributed by atoms with Crippen LogP contribution in [0.15, 0.2) is 46.3 Å². The quantitative estimate of drug-likeness (QED) is 0.784. The van der Waals surface area contributed by atoms with E-state index in [-0.39, 0.29) is 10.9 Å². The summed E-state index contributed by atoms with van der Waals surface area (Å²) >= 11 is 6.92. The molecule has 1 fully saturated rings. The molecule has 0 spiro atoms. The van der Waals surface area contributed by atoms with Gasteiger partial charge in [0.25, 0.3) is 5.91 Å². The zero-order valence-corrected chi connectivity index (χ0v) is 15.5. The average Bonchev–Trinajstić information content (AvgIpc) is 2.97. The Labute approximate surface area is 158 Å². The maximum Gasteiger partial charge on any atom is 0.264 e. The van der Waals surface area contributed by atoms with E-state index in [1.807, 2.05) is 0 Å². The van der Waals surface area contributed by atoms with Crippen LogP contribution in [-0.2, 0) is 4.79 Å². The van der Waals surface area contributed by atoms with Crippen LogP contribution >= 0.6 is 23.4 Å². The fourth-order valence-corrected chi connectivity index (χ4v) is 3.24. The van der Waals surface area contributed by atoms with Crippen molar-refractivity contribution in [1.82, 2.24) is 5.32 Å². The summed E-state index contributed by atoms with van der Waals surface area (Å²) in [5.41, 5.74) is 1.18. The molecule has 0 aliphatic carbocycles. The fourth-order valence-electron chi connectivity index (χ4n) is 2.23. The van der Waals surface area contributed by atoms with Gasteiger partial charge in [-0.1, -0.05) is 11.6 Å². The lowest BCUT2D eigenvalue weighted by atomic mass is 10.1. The number of methoxy groups -OCH3 is 2. The molecule has 0 atom stereocenters. The van der Waals surface area contributed by atoms with Crippen molar-refractivity contribution in [2.45, 2.75) is 0 Å². The first kappa shape index (κ1) is 18.3. The van der Waals surface area contributed by atoms with Gasteiger partial charge in [-0.2, -0.15) is 0 Å². The molecule has 26 heavy (non-hydrogen) atoms. The minimum Gasteiger partial charge on any atom is -0.497 e. The Morgan fingerprint density at radius 1 is 1.19 bits per heavy atom. The van der Waals surface area contributed by atoms with Gasteiger partial charge in [0.2, 0.25) is 0 Å². The molecule has 1 N–H and O–H groups in total. The molecule has 0 radical (unpaired) electrons. The zero-order valence-electron chi connectivity index (χ0n) is 13.9. The smallest absolute Gasteiger partial charge is 0.264 e. The van der Waals surface area contributed by atoms with E-state index >= 15 is 0 Å². The summed E-state index contributed by atoms with van der Waals surface area (Å²) in [6, 6.07) is 9.41. The lowest BCUT2D eigenvalue weighted by molar-refractivity contribution is -0.115.